The molecule has 16 heteroatoms. The molecule has 1 saturated heterocycles. The van der Waals surface area contributed by atoms with Crippen molar-refractivity contribution in [2.24, 2.45) is 5.16 Å². The summed E-state index contributed by atoms with van der Waals surface area (Å²) < 4.78 is 4.12. The fraction of sp³-hybridized carbons (Fsp3) is 0.364. The van der Waals surface area contributed by atoms with Crippen LogP contribution in [0.15, 0.2) is 46.2 Å². The molecule has 3 atom stereocenters. The quantitative estimate of drug-likeness (QED) is 0.0672. The van der Waals surface area contributed by atoms with Gasteiger partial charge in [0.15, 0.2) is 10.8 Å². The Morgan fingerprint density at radius 3 is 2.84 bits per heavy atom. The standard InChI is InChI=1S/C22H24IN6O7S2/c1-22(2,20(34)35)36-27-13(12-10-38-21(24)25-12)16(30)26-14-17(31)29-15(19(32)33)11(9-37-18(14)29)8-28-7-5-3-4-6-23-28/h3-7,10,14,18-19,32H,8-9H2,1-2H3,(H2,24,25)(H,26,30)(H,34,35)/q-1/b27-13-/t14-,18-,19?/m1/s1. The smallest absolute Gasteiger partial charge is 0.350 e. The number of halogens is 1. The van der Waals surface area contributed by atoms with Crippen molar-refractivity contribution >= 4 is 76.7 Å². The maximum atomic E-state index is 13.2. The minimum absolute atomic E-state index is 0.00608. The van der Waals surface area contributed by atoms with Crippen molar-refractivity contribution in [3.8, 4) is 0 Å². The molecule has 1 fully saturated rings. The van der Waals surface area contributed by atoms with Crippen molar-refractivity contribution in [1.82, 2.24) is 18.3 Å². The van der Waals surface area contributed by atoms with E-state index in [1.165, 1.54) is 35.9 Å². The molecule has 204 valence electrons. The number of carbonyl (C=O) groups excluding carboxylic acids is 2. The highest BCUT2D eigenvalue weighted by atomic mass is 127. The van der Waals surface area contributed by atoms with E-state index in [9.17, 15) is 29.7 Å². The van der Waals surface area contributed by atoms with E-state index in [2.05, 4.69) is 22.6 Å². The first kappa shape index (κ1) is 28.2. The van der Waals surface area contributed by atoms with E-state index in [1.54, 1.807) is 0 Å². The summed E-state index contributed by atoms with van der Waals surface area (Å²) in [7, 11) is 0. The van der Waals surface area contributed by atoms with Crippen LogP contribution in [0.3, 0.4) is 0 Å². The van der Waals surface area contributed by atoms with Crippen LogP contribution in [-0.4, -0.2) is 86.3 Å². The first-order valence-electron chi connectivity index (χ1n) is 11.1. The number of thioether (sulfide) groups is 1. The molecule has 4 heterocycles. The van der Waals surface area contributed by atoms with Gasteiger partial charge in [-0.2, -0.15) is 0 Å². The summed E-state index contributed by atoms with van der Waals surface area (Å²) in [6, 6.07) is -1.01. The lowest BCUT2D eigenvalue weighted by Crippen LogP contribution is -2.72. The van der Waals surface area contributed by atoms with Gasteiger partial charge in [-0.25, -0.2) is 9.78 Å². The minimum Gasteiger partial charge on any atom is -0.827 e. The third-order valence-corrected chi connectivity index (χ3v) is 9.67. The number of β-lactam (4-membered cyclic amide) rings is 1. The molecular weight excluding hydrogens is 651 g/mol. The predicted octanol–water partition coefficient (Wildman–Crippen LogP) is -0.285. The molecule has 38 heavy (non-hydrogen) atoms. The number of aliphatic carboxylic acids is 1. The van der Waals surface area contributed by atoms with Gasteiger partial charge < -0.3 is 34.3 Å². The number of nitrogens with zero attached hydrogens (tertiary/aromatic N) is 4. The Labute approximate surface area is 235 Å². The van der Waals surface area contributed by atoms with Crippen LogP contribution in [-0.2, 0) is 19.2 Å². The van der Waals surface area contributed by atoms with Gasteiger partial charge in [-0.3, -0.25) is 14.5 Å². The number of hydrogen-bond acceptors (Lipinski definition) is 12. The Bertz CT molecular complexity index is 1270. The predicted molar refractivity (Wildman–Crippen MR) is 149 cm³/mol. The largest absolute Gasteiger partial charge is 0.827 e. The van der Waals surface area contributed by atoms with Gasteiger partial charge in [0.25, 0.3) is 11.8 Å². The second-order valence-corrected chi connectivity index (χ2v) is 13.1. The van der Waals surface area contributed by atoms with Crippen LogP contribution in [0.1, 0.15) is 19.5 Å². The van der Waals surface area contributed by atoms with Crippen LogP contribution in [0.25, 0.3) is 0 Å². The van der Waals surface area contributed by atoms with Crippen LogP contribution < -0.4 is 16.2 Å². The number of nitrogens with one attached hydrogen (secondary N) is 1. The molecule has 4 rings (SSSR count). The van der Waals surface area contributed by atoms with Crippen molar-refractivity contribution in [2.75, 3.05) is 18.0 Å². The Balaban J connectivity index is 1.53. The van der Waals surface area contributed by atoms with Crippen LogP contribution in [0.2, 0.25) is 0 Å². The number of carboxylic acids is 1. The number of nitrogen functional groups attached to an aromatic ring is 1. The average molecular weight is 676 g/mol. The van der Waals surface area contributed by atoms with Gasteiger partial charge in [0.1, 0.15) is 17.1 Å². The molecular formula is C22H24IN6O7S2-. The zero-order valence-corrected chi connectivity index (χ0v) is 23.9. The number of rotatable bonds is 9. The molecule has 3 aliphatic heterocycles. The summed E-state index contributed by atoms with van der Waals surface area (Å²) in [6.07, 6.45) is 5.52. The topological polar surface area (TPSA) is 194 Å². The van der Waals surface area contributed by atoms with Gasteiger partial charge in [-0.05, 0) is 50.5 Å². The second kappa shape index (κ2) is 11.5. The van der Waals surface area contributed by atoms with Crippen LogP contribution >= 0.6 is 44.1 Å². The molecule has 0 bridgehead atoms. The third-order valence-electron chi connectivity index (χ3n) is 5.54. The van der Waals surface area contributed by atoms with Crippen molar-refractivity contribution in [1.29, 1.82) is 0 Å². The van der Waals surface area contributed by atoms with Crippen molar-refractivity contribution in [2.45, 2.75) is 37.2 Å². The zero-order valence-electron chi connectivity index (χ0n) is 20.1. The molecule has 1 aromatic heterocycles. The number of carboxylic acid groups (broad SMARTS) is 1. The van der Waals surface area contributed by atoms with Crippen molar-refractivity contribution < 1.29 is 34.5 Å². The number of aromatic nitrogens is 1. The Kier molecular flexibility index (Phi) is 8.55. The van der Waals surface area contributed by atoms with E-state index in [0.717, 1.165) is 11.3 Å². The number of allylic oxidation sites excluding steroid dienone is 3. The highest BCUT2D eigenvalue weighted by Gasteiger charge is 2.53. The van der Waals surface area contributed by atoms with Crippen molar-refractivity contribution in [3.63, 3.8) is 0 Å². The van der Waals surface area contributed by atoms with E-state index in [0.29, 0.717) is 17.9 Å². The molecule has 0 aromatic carbocycles. The lowest BCUT2D eigenvalue weighted by Gasteiger charge is -2.52. The molecule has 13 nitrogen and oxygen atoms in total. The molecule has 0 aliphatic carbocycles. The Morgan fingerprint density at radius 2 is 2.18 bits per heavy atom. The molecule has 1 aromatic rings. The van der Waals surface area contributed by atoms with Gasteiger partial charge in [-0.1, -0.05) is 17.3 Å². The molecule has 1 unspecified atom stereocenters. The number of aliphatic hydroxyl groups excluding tert-OH is 1. The number of fused-ring (bicyclic) bond motifs is 1. The lowest BCUT2D eigenvalue weighted by molar-refractivity contribution is -0.471. The monoisotopic (exact) mass is 675 g/mol. The maximum Gasteiger partial charge on any atom is 0.350 e. The summed E-state index contributed by atoms with van der Waals surface area (Å²) in [4.78, 5) is 48.0. The van der Waals surface area contributed by atoms with E-state index in [-0.39, 0.29) is 22.2 Å². The SMILES string of the molecule is CC(C)(O/N=C(\C(=O)N[C@@H]1C(=O)N2C(C([O-])O)=C(CN3C=CC=CC=I3)CS[C@H]12)c1csc(N)n1)C(=O)O. The average Bonchev–Trinajstić information content (AvgIpc) is 3.12. The highest BCUT2D eigenvalue weighted by molar-refractivity contribution is 14.2. The number of hydrogen-bond donors (Lipinski definition) is 4. The molecule has 0 radical (unpaired) electrons. The van der Waals surface area contributed by atoms with E-state index < -0.39 is 62.1 Å². The summed E-state index contributed by atoms with van der Waals surface area (Å²) in [6.45, 7) is 2.91. The summed E-state index contributed by atoms with van der Waals surface area (Å²) >= 11 is 1.94. The van der Waals surface area contributed by atoms with E-state index in [4.69, 9.17) is 10.6 Å². The fourth-order valence-electron chi connectivity index (χ4n) is 3.54. The number of anilines is 1. The third kappa shape index (κ3) is 5.93. The number of nitrogens with two attached hydrogens (primary N) is 1. The first-order chi connectivity index (χ1) is 18.0. The highest BCUT2D eigenvalue weighted by Crippen LogP contribution is 2.41. The lowest BCUT2D eigenvalue weighted by atomic mass is 10.0. The van der Waals surface area contributed by atoms with E-state index >= 15 is 0 Å². The Hall–Kier alpha value is -2.80. The van der Waals surface area contributed by atoms with Gasteiger partial charge >= 0.3 is 5.97 Å². The summed E-state index contributed by atoms with van der Waals surface area (Å²) in [5.41, 5.74) is 4.28. The zero-order chi connectivity index (χ0) is 27.6. The number of carbonyl (C=O) groups is 3. The van der Waals surface area contributed by atoms with Crippen LogP contribution in [0, 0.1) is 0 Å². The maximum absolute atomic E-state index is 13.2. The molecule has 0 spiro atoms. The van der Waals surface area contributed by atoms with Gasteiger partial charge in [0.05, 0.1) is 6.54 Å². The normalized spacial score (nSPS) is 22.3. The van der Waals surface area contributed by atoms with Crippen LogP contribution in [0.5, 0.6) is 0 Å². The van der Waals surface area contributed by atoms with Gasteiger partial charge in [-0.15, -0.1) is 23.1 Å². The number of amides is 2. The van der Waals surface area contributed by atoms with Crippen LogP contribution in [0.4, 0.5) is 5.13 Å². The fourth-order valence-corrected chi connectivity index (χ4v) is 7.26. The first-order valence-corrected chi connectivity index (χ1v) is 15.2. The Morgan fingerprint density at radius 1 is 1.42 bits per heavy atom. The van der Waals surface area contributed by atoms with Gasteiger partial charge in [0.2, 0.25) is 5.60 Å². The number of thiazole rings is 1. The minimum atomic E-state index is -2.12. The summed E-state index contributed by atoms with van der Waals surface area (Å²) in [5, 5.41) is 38.9. The number of aliphatic hydroxyl groups is 1. The second-order valence-electron chi connectivity index (χ2n) is 8.63. The molecule has 5 N–H and O–H groups in total. The van der Waals surface area contributed by atoms with Crippen molar-refractivity contribution in [3.05, 3.63) is 46.8 Å². The number of oxime groups is 1. The molecule has 3 aliphatic rings. The van der Waals surface area contributed by atoms with Gasteiger partial charge in [0, 0.05) is 29.3 Å². The summed E-state index contributed by atoms with van der Waals surface area (Å²) in [5.74, 6) is -2.32. The van der Waals surface area contributed by atoms with E-state index in [1.807, 2.05) is 24.4 Å². The molecule has 0 saturated carbocycles. The molecule has 2 amide bonds.